The van der Waals surface area contributed by atoms with E-state index in [0.29, 0.717) is 22.5 Å². The van der Waals surface area contributed by atoms with E-state index in [2.05, 4.69) is 25.4 Å². The van der Waals surface area contributed by atoms with Gasteiger partial charge < -0.3 is 9.52 Å². The van der Waals surface area contributed by atoms with Gasteiger partial charge in [0, 0.05) is 30.9 Å². The van der Waals surface area contributed by atoms with Gasteiger partial charge in [-0.2, -0.15) is 26.3 Å². The van der Waals surface area contributed by atoms with Gasteiger partial charge in [0.15, 0.2) is 5.58 Å². The first-order valence-corrected chi connectivity index (χ1v) is 18.9. The summed E-state index contributed by atoms with van der Waals surface area (Å²) in [5.74, 6) is 0.619. The zero-order chi connectivity index (χ0) is 43.0. The number of rotatable bonds is 3. The summed E-state index contributed by atoms with van der Waals surface area (Å²) in [6.07, 6.45) is -8.78. The van der Waals surface area contributed by atoms with Crippen molar-refractivity contribution >= 4 is 54.7 Å². The van der Waals surface area contributed by atoms with Crippen molar-refractivity contribution in [3.8, 4) is 28.6 Å². The Bertz CT molecular complexity index is 3190. The molecule has 0 amide bonds. The number of hydrogen-bond donors (Lipinski definition) is 1. The van der Waals surface area contributed by atoms with E-state index in [1.807, 2.05) is 115 Å². The number of fused-ring (bicyclic) bond motifs is 5. The molecule has 9 nitrogen and oxygen atoms in total. The quantitative estimate of drug-likeness (QED) is 0.176. The van der Waals surface area contributed by atoms with E-state index >= 15 is 0 Å². The second kappa shape index (κ2) is 17.2. The summed E-state index contributed by atoms with van der Waals surface area (Å²) in [5.41, 5.74) is 3.41. The van der Waals surface area contributed by atoms with Gasteiger partial charge >= 0.3 is 12.4 Å². The molecule has 0 aliphatic carbocycles. The molecule has 1 N–H and O–H groups in total. The fourth-order valence-electron chi connectivity index (χ4n) is 6.80. The average Bonchev–Trinajstić information content (AvgIpc) is 4.02. The topological polar surface area (TPSA) is 108 Å². The SMILES string of the molecule is FC(F)(F)c1ccc2nn(-c3cccc4ccccc34)nc2c1.FC(F)(F)c1ccc2nn(-c3cccc4ccccc34)nc2c1.Oc1ccccc1-c1nc2ccccc2o1.[Ir]. The van der Waals surface area contributed by atoms with Crippen LogP contribution >= 0.6 is 0 Å². The van der Waals surface area contributed by atoms with Crippen LogP contribution in [0.5, 0.6) is 5.75 Å². The molecule has 0 saturated heterocycles. The van der Waals surface area contributed by atoms with E-state index in [1.54, 1.807) is 18.2 Å². The van der Waals surface area contributed by atoms with Crippen LogP contribution in [0.1, 0.15) is 11.1 Å². The molecule has 0 aliphatic rings. The Labute approximate surface area is 366 Å². The average molecular weight is 1030 g/mol. The van der Waals surface area contributed by atoms with Gasteiger partial charge in [-0.05, 0) is 83.6 Å². The maximum absolute atomic E-state index is 12.8. The first kappa shape index (κ1) is 42.3. The number of nitrogens with zero attached hydrogens (tertiary/aromatic N) is 7. The van der Waals surface area contributed by atoms with Crippen LogP contribution in [0, 0.1) is 0 Å². The van der Waals surface area contributed by atoms with Gasteiger partial charge in [0.2, 0.25) is 5.89 Å². The number of aromatic nitrogens is 7. The molecule has 3 heterocycles. The van der Waals surface area contributed by atoms with Gasteiger partial charge in [-0.1, -0.05) is 97.1 Å². The fourth-order valence-corrected chi connectivity index (χ4v) is 6.80. The summed E-state index contributed by atoms with van der Waals surface area (Å²) in [6, 6.07) is 48.0. The molecule has 0 unspecified atom stereocenters. The third-order valence-electron chi connectivity index (χ3n) is 9.81. The molecule has 11 rings (SSSR count). The first-order chi connectivity index (χ1) is 29.9. The van der Waals surface area contributed by atoms with E-state index in [1.165, 1.54) is 21.7 Å². The van der Waals surface area contributed by atoms with Gasteiger partial charge in [0.1, 0.15) is 33.3 Å². The van der Waals surface area contributed by atoms with Crippen molar-refractivity contribution in [1.29, 1.82) is 0 Å². The number of oxazole rings is 1. The molecule has 0 aliphatic heterocycles. The Morgan fingerprint density at radius 3 is 1.40 bits per heavy atom. The molecule has 0 saturated carbocycles. The number of para-hydroxylation sites is 3. The van der Waals surface area contributed by atoms with Crippen molar-refractivity contribution in [3.05, 3.63) is 181 Å². The molecule has 16 heteroatoms. The third-order valence-corrected chi connectivity index (χ3v) is 9.81. The zero-order valence-corrected chi connectivity index (χ0v) is 34.6. The summed E-state index contributed by atoms with van der Waals surface area (Å²) < 4.78 is 82.4. The molecule has 3 aromatic heterocycles. The minimum atomic E-state index is -4.39. The Kier molecular flexibility index (Phi) is 11.5. The Morgan fingerprint density at radius 1 is 0.444 bits per heavy atom. The van der Waals surface area contributed by atoms with Gasteiger partial charge in [-0.25, -0.2) is 4.98 Å². The number of halogens is 6. The van der Waals surface area contributed by atoms with Crippen molar-refractivity contribution in [2.24, 2.45) is 0 Å². The van der Waals surface area contributed by atoms with Crippen LogP contribution in [-0.2, 0) is 32.5 Å². The van der Waals surface area contributed by atoms with Gasteiger partial charge in [0.05, 0.1) is 28.1 Å². The van der Waals surface area contributed by atoms with E-state index in [-0.39, 0.29) is 36.9 Å². The predicted octanol–water partition coefficient (Wildman–Crippen LogP) is 12.4. The van der Waals surface area contributed by atoms with E-state index in [0.717, 1.165) is 68.3 Å². The summed E-state index contributed by atoms with van der Waals surface area (Å²) >= 11 is 0. The molecule has 0 fully saturated rings. The van der Waals surface area contributed by atoms with Crippen molar-refractivity contribution < 1.29 is 56.0 Å². The largest absolute Gasteiger partial charge is 0.507 e. The minimum Gasteiger partial charge on any atom is -0.507 e. The number of hydrogen-bond acceptors (Lipinski definition) is 7. The number of phenols is 1. The monoisotopic (exact) mass is 1030 g/mol. The van der Waals surface area contributed by atoms with Crippen molar-refractivity contribution in [2.75, 3.05) is 0 Å². The summed E-state index contributed by atoms with van der Waals surface area (Å²) in [4.78, 5) is 7.08. The van der Waals surface area contributed by atoms with Crippen LogP contribution in [0.2, 0.25) is 0 Å². The summed E-state index contributed by atoms with van der Waals surface area (Å²) in [7, 11) is 0. The normalized spacial score (nSPS) is 11.6. The zero-order valence-electron chi connectivity index (χ0n) is 32.3. The van der Waals surface area contributed by atoms with Crippen LogP contribution in [0.25, 0.3) is 77.5 Å². The molecule has 0 atom stereocenters. The van der Waals surface area contributed by atoms with Crippen LogP contribution in [0.15, 0.2) is 174 Å². The number of aromatic hydroxyl groups is 1. The van der Waals surface area contributed by atoms with Crippen molar-refractivity contribution in [2.45, 2.75) is 12.4 Å². The molecule has 0 bridgehead atoms. The third kappa shape index (κ3) is 8.85. The molecular weight excluding hydrogens is 1000 g/mol. The van der Waals surface area contributed by atoms with Crippen LogP contribution in [0.4, 0.5) is 26.3 Å². The van der Waals surface area contributed by atoms with E-state index < -0.39 is 23.5 Å². The Balaban J connectivity index is 0.000000131. The Hall–Kier alpha value is -7.42. The number of phenolic OH excluding ortho intramolecular Hbond substituents is 1. The van der Waals surface area contributed by atoms with Crippen LogP contribution in [0.3, 0.4) is 0 Å². The van der Waals surface area contributed by atoms with Gasteiger partial charge in [-0.15, -0.1) is 30.0 Å². The molecule has 315 valence electrons. The van der Waals surface area contributed by atoms with Gasteiger partial charge in [-0.3, -0.25) is 0 Å². The Morgan fingerprint density at radius 2 is 0.889 bits per heavy atom. The van der Waals surface area contributed by atoms with Crippen molar-refractivity contribution in [3.63, 3.8) is 0 Å². The van der Waals surface area contributed by atoms with E-state index in [9.17, 15) is 31.4 Å². The van der Waals surface area contributed by atoms with Crippen molar-refractivity contribution in [1.82, 2.24) is 35.0 Å². The van der Waals surface area contributed by atoms with Crippen LogP contribution in [-0.4, -0.2) is 40.1 Å². The number of alkyl halides is 6. The maximum Gasteiger partial charge on any atom is 0.416 e. The predicted molar refractivity (Wildman–Crippen MR) is 224 cm³/mol. The maximum atomic E-state index is 12.8. The summed E-state index contributed by atoms with van der Waals surface area (Å²) in [6.45, 7) is 0. The van der Waals surface area contributed by atoms with E-state index in [4.69, 9.17) is 4.42 Å². The smallest absolute Gasteiger partial charge is 0.416 e. The standard InChI is InChI=1S/2C17H10F3N3.C13H9NO2.Ir/c2*18-17(19,20)12-8-9-14-15(10-12)22-23(21-14)16-7-3-5-11-4-1-2-6-13(11)16;15-11-7-3-1-5-9(11)13-14-10-6-2-4-8-12(10)16-13;/h2*1-10H;1-8,15H;. The molecule has 11 aromatic rings. The molecule has 63 heavy (non-hydrogen) atoms. The minimum absolute atomic E-state index is 0. The molecule has 0 spiro atoms. The second-order valence-electron chi connectivity index (χ2n) is 13.9. The fraction of sp³-hybridized carbons (Fsp3) is 0.0426. The first-order valence-electron chi connectivity index (χ1n) is 18.9. The second-order valence-corrected chi connectivity index (χ2v) is 13.9. The molecule has 1 radical (unpaired) electrons. The molecular formula is C47H29F6IrN7O2. The molecule has 8 aromatic carbocycles. The summed E-state index contributed by atoms with van der Waals surface area (Å²) in [5, 5.41) is 30.6. The van der Waals surface area contributed by atoms with Gasteiger partial charge in [0.25, 0.3) is 0 Å². The van der Waals surface area contributed by atoms with Crippen LogP contribution < -0.4 is 0 Å². The number of benzene rings is 8.